The Kier molecular flexibility index (Phi) is 10.2. The number of nitrogens with two attached hydrogens (primary N) is 1. The first-order valence-electron chi connectivity index (χ1n) is 8.61. The van der Waals surface area contributed by atoms with Gasteiger partial charge in [-0.25, -0.2) is 19.2 Å². The van der Waals surface area contributed by atoms with Crippen LogP contribution in [0, 0.1) is 0 Å². The number of carbonyl (C=O) groups excluding carboxylic acids is 4. The summed E-state index contributed by atoms with van der Waals surface area (Å²) in [4.78, 5) is 46.2. The number of carbonyl (C=O) groups is 4. The first kappa shape index (κ1) is 25.3. The molecule has 2 N–H and O–H groups in total. The number of esters is 4. The Balaban J connectivity index is 4.44. The van der Waals surface area contributed by atoms with Gasteiger partial charge in [0, 0.05) is 30.8 Å². The van der Waals surface area contributed by atoms with E-state index in [1.165, 1.54) is 0 Å². The fourth-order valence-corrected chi connectivity index (χ4v) is 1.52. The Morgan fingerprint density at radius 3 is 1.54 bits per heavy atom. The molecule has 9 heteroatoms. The van der Waals surface area contributed by atoms with Crippen LogP contribution < -0.4 is 5.73 Å². The van der Waals surface area contributed by atoms with Crippen LogP contribution in [0.15, 0.2) is 24.3 Å². The first-order valence-corrected chi connectivity index (χ1v) is 8.61. The minimum Gasteiger partial charge on any atom is -0.459 e. The van der Waals surface area contributed by atoms with E-state index in [2.05, 4.69) is 0 Å². The lowest BCUT2D eigenvalue weighted by Gasteiger charge is -2.18. The Labute approximate surface area is 164 Å². The van der Waals surface area contributed by atoms with Crippen LogP contribution in [0.25, 0.3) is 0 Å². The van der Waals surface area contributed by atoms with Crippen molar-refractivity contribution >= 4 is 23.9 Å². The van der Waals surface area contributed by atoms with E-state index in [1.807, 2.05) is 0 Å². The Morgan fingerprint density at radius 1 is 0.750 bits per heavy atom. The summed E-state index contributed by atoms with van der Waals surface area (Å²) in [5.74, 6) is -3.07. The van der Waals surface area contributed by atoms with Gasteiger partial charge in [0.25, 0.3) is 0 Å². The highest BCUT2D eigenvalue weighted by Gasteiger charge is 2.17. The van der Waals surface area contributed by atoms with Crippen molar-refractivity contribution in [2.45, 2.75) is 58.8 Å². The van der Waals surface area contributed by atoms with E-state index in [0.717, 1.165) is 24.3 Å². The van der Waals surface area contributed by atoms with Crippen molar-refractivity contribution in [2.24, 2.45) is 5.73 Å². The number of hydrogen-bond donors (Lipinski definition) is 1. The van der Waals surface area contributed by atoms with Crippen molar-refractivity contribution < 1.29 is 38.1 Å². The smallest absolute Gasteiger partial charge is 0.331 e. The summed E-state index contributed by atoms with van der Waals surface area (Å²) in [7, 11) is 0. The average molecular weight is 399 g/mol. The molecule has 0 heterocycles. The topological polar surface area (TPSA) is 131 Å². The SMILES string of the molecule is CC(C)(C)OC(=O)/C=C/C(=O)OCC(CN)OC(=O)/C=C/C(=O)OC(C)(C)C. The lowest BCUT2D eigenvalue weighted by molar-refractivity contribution is -0.153. The van der Waals surface area contributed by atoms with E-state index in [4.69, 9.17) is 24.7 Å². The predicted octanol–water partition coefficient (Wildman–Crippen LogP) is 1.20. The van der Waals surface area contributed by atoms with Gasteiger partial charge in [0.15, 0.2) is 0 Å². The zero-order chi connectivity index (χ0) is 22.0. The van der Waals surface area contributed by atoms with E-state index >= 15 is 0 Å². The second-order valence-electron chi connectivity index (χ2n) is 7.66. The van der Waals surface area contributed by atoms with Crippen molar-refractivity contribution in [1.29, 1.82) is 0 Å². The zero-order valence-electron chi connectivity index (χ0n) is 17.1. The second-order valence-corrected chi connectivity index (χ2v) is 7.66. The number of rotatable bonds is 8. The molecule has 1 unspecified atom stereocenters. The molecule has 0 rings (SSSR count). The van der Waals surface area contributed by atoms with E-state index in [9.17, 15) is 19.2 Å². The van der Waals surface area contributed by atoms with Crippen molar-refractivity contribution in [3.05, 3.63) is 24.3 Å². The maximum atomic E-state index is 11.7. The molecule has 9 nitrogen and oxygen atoms in total. The summed E-state index contributed by atoms with van der Waals surface area (Å²) in [6.07, 6.45) is 2.72. The molecule has 0 aliphatic heterocycles. The van der Waals surface area contributed by atoms with E-state index in [0.29, 0.717) is 0 Å². The average Bonchev–Trinajstić information content (AvgIpc) is 2.51. The Bertz CT molecular complexity index is 623. The molecule has 0 aromatic heterocycles. The van der Waals surface area contributed by atoms with E-state index in [-0.39, 0.29) is 13.2 Å². The maximum absolute atomic E-state index is 11.7. The van der Waals surface area contributed by atoms with Crippen LogP contribution in [-0.4, -0.2) is 54.3 Å². The number of ether oxygens (including phenoxy) is 4. The Morgan fingerprint density at radius 2 is 1.14 bits per heavy atom. The van der Waals surface area contributed by atoms with Gasteiger partial charge in [0.05, 0.1) is 0 Å². The molecule has 0 saturated heterocycles. The van der Waals surface area contributed by atoms with E-state index < -0.39 is 41.2 Å². The van der Waals surface area contributed by atoms with Crippen molar-refractivity contribution in [3.8, 4) is 0 Å². The van der Waals surface area contributed by atoms with Gasteiger partial charge in [0.2, 0.25) is 0 Å². The molecule has 0 bridgehead atoms. The lowest BCUT2D eigenvalue weighted by Crippen LogP contribution is -2.31. The monoisotopic (exact) mass is 399 g/mol. The third-order valence-corrected chi connectivity index (χ3v) is 2.48. The standard InChI is InChI=1S/C19H29NO8/c1-18(2,3)27-16(23)9-7-14(21)25-12-13(11-20)26-15(22)8-10-17(24)28-19(4,5)6/h7-10,13H,11-12,20H2,1-6H3/b9-7+,10-8+. The van der Waals surface area contributed by atoms with Gasteiger partial charge < -0.3 is 24.7 Å². The maximum Gasteiger partial charge on any atom is 0.331 e. The van der Waals surface area contributed by atoms with Gasteiger partial charge in [-0.05, 0) is 41.5 Å². The molecule has 0 amide bonds. The third kappa shape index (κ3) is 14.5. The highest BCUT2D eigenvalue weighted by Crippen LogP contribution is 2.08. The first-order chi connectivity index (χ1) is 12.7. The van der Waals surface area contributed by atoms with Crippen molar-refractivity contribution in [2.75, 3.05) is 13.2 Å². The fourth-order valence-electron chi connectivity index (χ4n) is 1.52. The Hall–Kier alpha value is -2.68. The molecule has 0 aromatic rings. The molecule has 0 aliphatic carbocycles. The molecule has 0 radical (unpaired) electrons. The number of hydrogen-bond acceptors (Lipinski definition) is 9. The molecule has 158 valence electrons. The molecule has 0 aromatic carbocycles. The molecular weight excluding hydrogens is 370 g/mol. The zero-order valence-corrected chi connectivity index (χ0v) is 17.1. The predicted molar refractivity (Wildman–Crippen MR) is 99.9 cm³/mol. The van der Waals surface area contributed by atoms with Crippen LogP contribution in [0.1, 0.15) is 41.5 Å². The minimum absolute atomic E-state index is 0.116. The molecule has 0 spiro atoms. The second kappa shape index (κ2) is 11.2. The molecule has 0 fully saturated rings. The van der Waals surface area contributed by atoms with Gasteiger partial charge in [0.1, 0.15) is 23.9 Å². The minimum atomic E-state index is -0.922. The van der Waals surface area contributed by atoms with Crippen LogP contribution in [0.3, 0.4) is 0 Å². The highest BCUT2D eigenvalue weighted by molar-refractivity contribution is 5.92. The molecule has 28 heavy (non-hydrogen) atoms. The summed E-state index contributed by atoms with van der Waals surface area (Å²) >= 11 is 0. The lowest BCUT2D eigenvalue weighted by atomic mass is 10.2. The summed E-state index contributed by atoms with van der Waals surface area (Å²) in [5.41, 5.74) is 4.09. The third-order valence-electron chi connectivity index (χ3n) is 2.48. The van der Waals surface area contributed by atoms with Crippen molar-refractivity contribution in [3.63, 3.8) is 0 Å². The summed E-state index contributed by atoms with van der Waals surface area (Å²) < 4.78 is 19.8. The summed E-state index contributed by atoms with van der Waals surface area (Å²) in [5, 5.41) is 0. The summed E-state index contributed by atoms with van der Waals surface area (Å²) in [6, 6.07) is 0. The summed E-state index contributed by atoms with van der Waals surface area (Å²) in [6.45, 7) is 9.69. The van der Waals surface area contributed by atoms with Gasteiger partial charge in [-0.15, -0.1) is 0 Å². The van der Waals surface area contributed by atoms with Gasteiger partial charge in [-0.2, -0.15) is 0 Å². The largest absolute Gasteiger partial charge is 0.459 e. The highest BCUT2D eigenvalue weighted by atomic mass is 16.6. The van der Waals surface area contributed by atoms with Crippen LogP contribution in [0.2, 0.25) is 0 Å². The molecular formula is C19H29NO8. The molecule has 1 atom stereocenters. The molecule has 0 aliphatic rings. The van der Waals surface area contributed by atoms with E-state index in [1.54, 1.807) is 41.5 Å². The van der Waals surface area contributed by atoms with Crippen molar-refractivity contribution in [1.82, 2.24) is 0 Å². The normalized spacial score (nSPS) is 13.2. The van der Waals surface area contributed by atoms with Crippen LogP contribution in [-0.2, 0) is 38.1 Å². The van der Waals surface area contributed by atoms with Gasteiger partial charge >= 0.3 is 23.9 Å². The van der Waals surface area contributed by atoms with Gasteiger partial charge in [-0.1, -0.05) is 0 Å². The van der Waals surface area contributed by atoms with Gasteiger partial charge in [-0.3, -0.25) is 0 Å². The van der Waals surface area contributed by atoms with Crippen LogP contribution >= 0.6 is 0 Å². The van der Waals surface area contributed by atoms with Crippen LogP contribution in [0.4, 0.5) is 0 Å². The molecule has 0 saturated carbocycles. The fraction of sp³-hybridized carbons (Fsp3) is 0.579. The van der Waals surface area contributed by atoms with Crippen LogP contribution in [0.5, 0.6) is 0 Å². The quantitative estimate of drug-likeness (QED) is 0.363.